The average Bonchev–Trinajstić information content (AvgIpc) is 3.85. The van der Waals surface area contributed by atoms with E-state index in [0.717, 1.165) is 30.4 Å². The first-order valence-electron chi connectivity index (χ1n) is 19.6. The Balaban J connectivity index is 1.17. The van der Waals surface area contributed by atoms with Gasteiger partial charge >= 0.3 is 18.2 Å². The van der Waals surface area contributed by atoms with Gasteiger partial charge in [0.2, 0.25) is 0 Å². The Morgan fingerprint density at radius 3 is 2.52 bits per heavy atom. The molecule has 5 aliphatic rings. The molecule has 2 aromatic heterocycles. The van der Waals surface area contributed by atoms with Crippen molar-refractivity contribution in [2.24, 2.45) is 0 Å². The summed E-state index contributed by atoms with van der Waals surface area (Å²) in [5, 5.41) is 2.42. The van der Waals surface area contributed by atoms with Gasteiger partial charge in [-0.3, -0.25) is 15.1 Å². The summed E-state index contributed by atoms with van der Waals surface area (Å²) in [6.45, 7) is 11.7. The highest BCUT2D eigenvalue weighted by Crippen LogP contribution is 2.49. The number of ether oxygens (including phenoxy) is 4. The van der Waals surface area contributed by atoms with E-state index in [9.17, 15) is 14.0 Å². The summed E-state index contributed by atoms with van der Waals surface area (Å²) in [6, 6.07) is 0.874. The van der Waals surface area contributed by atoms with E-state index in [1.54, 1.807) is 46.4 Å². The second kappa shape index (κ2) is 13.7. The van der Waals surface area contributed by atoms with Gasteiger partial charge in [0.25, 0.3) is 0 Å². The molecule has 9 rings (SSSR count). The third-order valence-electron chi connectivity index (χ3n) is 11.6. The number of alkyl halides is 1. The number of hydrogen-bond acceptors (Lipinski definition) is 12. The quantitative estimate of drug-likeness (QED) is 0.197. The molecule has 7 heterocycles. The van der Waals surface area contributed by atoms with Crippen molar-refractivity contribution < 1.29 is 46.1 Å². The van der Waals surface area contributed by atoms with E-state index in [-0.39, 0.29) is 81.6 Å². The van der Waals surface area contributed by atoms with Crippen molar-refractivity contribution in [3.63, 3.8) is 0 Å². The number of fused-ring (bicyclic) bond motifs is 7. The van der Waals surface area contributed by atoms with E-state index >= 15 is 13.2 Å². The second-order valence-corrected chi connectivity index (χ2v) is 18.9. The number of carbonyl (C=O) groups is 2. The van der Waals surface area contributed by atoms with Crippen molar-refractivity contribution in [1.29, 1.82) is 0 Å². The van der Waals surface area contributed by atoms with Crippen LogP contribution in [0.25, 0.3) is 32.2 Å². The highest BCUT2D eigenvalue weighted by molar-refractivity contribution is 7.22. The normalized spacial score (nSPS) is 25.4. The molecular weight excluding hydrogens is 783 g/mol. The van der Waals surface area contributed by atoms with Crippen LogP contribution in [0.3, 0.4) is 0 Å². The van der Waals surface area contributed by atoms with Crippen molar-refractivity contribution in [3.05, 3.63) is 29.6 Å². The van der Waals surface area contributed by atoms with E-state index in [1.807, 2.05) is 4.90 Å². The predicted octanol–water partition coefficient (Wildman–Crippen LogP) is 7.98. The Labute approximate surface area is 336 Å². The van der Waals surface area contributed by atoms with Gasteiger partial charge in [-0.2, -0.15) is 9.97 Å². The fourth-order valence-electron chi connectivity index (χ4n) is 9.40. The minimum absolute atomic E-state index is 0.0204. The molecule has 4 fully saturated rings. The molecule has 1 N–H and O–H groups in total. The number of nitrogens with one attached hydrogen (secondary N) is 1. The van der Waals surface area contributed by atoms with Gasteiger partial charge < -0.3 is 23.8 Å². The summed E-state index contributed by atoms with van der Waals surface area (Å²) in [5.41, 5.74) is -3.23. The molecule has 0 aliphatic carbocycles. The van der Waals surface area contributed by atoms with E-state index in [2.05, 4.69) is 20.2 Å². The topological polar surface area (TPSA) is 131 Å². The summed E-state index contributed by atoms with van der Waals surface area (Å²) in [4.78, 5) is 45.7. The molecule has 2 bridgehead atoms. The Morgan fingerprint density at radius 2 is 1.76 bits per heavy atom. The van der Waals surface area contributed by atoms with Crippen LogP contribution in [0.15, 0.2) is 12.1 Å². The van der Waals surface area contributed by atoms with E-state index in [0.29, 0.717) is 25.8 Å². The largest absolute Gasteiger partial charge is 0.487 e. The summed E-state index contributed by atoms with van der Waals surface area (Å²) >= 11 is 0.784. The molecule has 4 saturated heterocycles. The zero-order chi connectivity index (χ0) is 41.1. The van der Waals surface area contributed by atoms with Gasteiger partial charge in [0, 0.05) is 25.1 Å². The molecule has 0 saturated carbocycles. The molecule has 2 amide bonds. The Kier molecular flexibility index (Phi) is 9.15. The third-order valence-corrected chi connectivity index (χ3v) is 12.6. The smallest absolute Gasteiger partial charge is 0.413 e. The molecule has 0 radical (unpaired) electrons. The number of piperazine rings is 1. The molecular formula is C40H45F4N7O6S. The Morgan fingerprint density at radius 1 is 0.983 bits per heavy atom. The molecule has 18 heteroatoms. The van der Waals surface area contributed by atoms with Crippen LogP contribution in [-0.2, 0) is 9.47 Å². The number of anilines is 2. The molecule has 5 atom stereocenters. The molecule has 4 aromatic rings. The van der Waals surface area contributed by atoms with Gasteiger partial charge in [-0.05, 0) is 85.9 Å². The van der Waals surface area contributed by atoms with Crippen LogP contribution in [0.1, 0.15) is 73.6 Å². The Bertz CT molecular complexity index is 2350. The number of benzene rings is 2. The van der Waals surface area contributed by atoms with Gasteiger partial charge in [-0.25, -0.2) is 32.1 Å². The zero-order valence-electron chi connectivity index (χ0n) is 33.1. The van der Waals surface area contributed by atoms with E-state index in [4.69, 9.17) is 23.9 Å². The zero-order valence-corrected chi connectivity index (χ0v) is 33.9. The van der Waals surface area contributed by atoms with Gasteiger partial charge in [0.15, 0.2) is 22.5 Å². The van der Waals surface area contributed by atoms with Crippen molar-refractivity contribution in [2.45, 2.75) is 115 Å². The first kappa shape index (κ1) is 38.8. The number of carbonyl (C=O) groups excluding carboxylic acids is 2. The van der Waals surface area contributed by atoms with Crippen molar-refractivity contribution in [2.75, 3.05) is 43.1 Å². The number of aromatic nitrogens is 3. The number of nitrogens with zero attached hydrogens (tertiary/aromatic N) is 6. The molecule has 5 aliphatic heterocycles. The molecule has 13 nitrogen and oxygen atoms in total. The van der Waals surface area contributed by atoms with Crippen molar-refractivity contribution >= 4 is 55.6 Å². The lowest BCUT2D eigenvalue weighted by molar-refractivity contribution is 0.00535. The number of hydrogen-bond donors (Lipinski definition) is 1. The summed E-state index contributed by atoms with van der Waals surface area (Å²) in [7, 11) is 0. The Hall–Kier alpha value is -4.71. The van der Waals surface area contributed by atoms with E-state index in [1.165, 1.54) is 6.07 Å². The molecule has 310 valence electrons. The molecule has 58 heavy (non-hydrogen) atoms. The molecule has 3 unspecified atom stereocenters. The number of thiazole rings is 1. The van der Waals surface area contributed by atoms with Crippen molar-refractivity contribution in [3.8, 4) is 22.9 Å². The highest BCUT2D eigenvalue weighted by Gasteiger charge is 2.53. The van der Waals surface area contributed by atoms with Gasteiger partial charge in [0.05, 0.1) is 44.8 Å². The molecule has 0 spiro atoms. The van der Waals surface area contributed by atoms with Crippen LogP contribution in [-0.4, -0.2) is 111 Å². The predicted molar refractivity (Wildman–Crippen MR) is 208 cm³/mol. The second-order valence-electron chi connectivity index (χ2n) is 17.9. The van der Waals surface area contributed by atoms with Crippen LogP contribution >= 0.6 is 11.3 Å². The van der Waals surface area contributed by atoms with Gasteiger partial charge in [-0.15, -0.1) is 0 Å². The maximum atomic E-state index is 17.4. The SMILES string of the molecule is CC(C)(C)OC(=O)Nc1nc2c(-c3c(F)c4c5c(nc(OC[C@@]67CCCN6C[C@H](F)C7)nc5c3F)N3CC5CCC(C3CO4)N5C(=O)OC(C)(C)C)ccc(F)c2s1. The van der Waals surface area contributed by atoms with Crippen LogP contribution in [0.4, 0.5) is 38.1 Å². The standard InChI is InChI=1S/C40H45F4N7O6S/c1-38(2,3)56-36(52)48-35-46-29-21(9-10-22(42)32(29)58-35)25-27(43)30-26-31(28(25)44)54-17-24-23-11-8-20(51(23)37(53)57-39(4,5)6)16-50(24)33(26)47-34(45-30)55-18-40-12-7-13-49(40)15-19(41)14-40/h9-10,19-20,23-24H,7-8,11-18H2,1-6H3,(H,46,48,52)/t19-,20?,23?,24?,40+/m1/s1. The highest BCUT2D eigenvalue weighted by atomic mass is 32.1. The average molecular weight is 828 g/mol. The number of halogens is 4. The third kappa shape index (κ3) is 6.59. The van der Waals surface area contributed by atoms with Crippen LogP contribution < -0.4 is 19.7 Å². The van der Waals surface area contributed by atoms with Crippen LogP contribution in [0.2, 0.25) is 0 Å². The summed E-state index contributed by atoms with van der Waals surface area (Å²) in [6.07, 6.45) is 0.850. The lowest BCUT2D eigenvalue weighted by Crippen LogP contribution is -2.63. The van der Waals surface area contributed by atoms with Crippen LogP contribution in [0.5, 0.6) is 11.8 Å². The maximum absolute atomic E-state index is 17.4. The first-order chi connectivity index (χ1) is 27.4. The number of rotatable bonds is 5. The fraction of sp³-hybridized carbons (Fsp3) is 0.575. The van der Waals surface area contributed by atoms with Crippen molar-refractivity contribution in [1.82, 2.24) is 24.8 Å². The monoisotopic (exact) mass is 827 g/mol. The molecule has 2 aromatic carbocycles. The van der Waals surface area contributed by atoms with E-state index < -0.39 is 70.2 Å². The minimum atomic E-state index is -1.09. The van der Waals surface area contributed by atoms with Crippen LogP contribution in [0, 0.1) is 17.5 Å². The lowest BCUT2D eigenvalue weighted by atomic mass is 9.95. The lowest BCUT2D eigenvalue weighted by Gasteiger charge is -2.46. The fourth-order valence-corrected chi connectivity index (χ4v) is 10.3. The first-order valence-corrected chi connectivity index (χ1v) is 20.5. The minimum Gasteiger partial charge on any atom is -0.487 e. The summed E-state index contributed by atoms with van der Waals surface area (Å²) < 4.78 is 88.4. The maximum Gasteiger partial charge on any atom is 0.413 e. The van der Waals surface area contributed by atoms with Gasteiger partial charge in [-0.1, -0.05) is 11.3 Å². The number of amides is 2. The summed E-state index contributed by atoms with van der Waals surface area (Å²) in [5.74, 6) is -3.03. The van der Waals surface area contributed by atoms with Gasteiger partial charge in [0.1, 0.15) is 47.7 Å².